The summed E-state index contributed by atoms with van der Waals surface area (Å²) in [5, 5.41) is 8.45. The average molecular weight is 171 g/mol. The van der Waals surface area contributed by atoms with Crippen LogP contribution in [0.4, 0.5) is 0 Å². The molecule has 0 saturated heterocycles. The Kier molecular flexibility index (Phi) is 1.17. The molecule has 0 saturated carbocycles. The van der Waals surface area contributed by atoms with Gasteiger partial charge in [0.25, 0.3) is 0 Å². The molecule has 0 aliphatic carbocycles. The van der Waals surface area contributed by atoms with E-state index in [-0.39, 0.29) is 0 Å². The molecule has 0 fully saturated rings. The maximum absolute atomic E-state index is 11.5. The highest BCUT2D eigenvalue weighted by Crippen LogP contribution is 2.02. The summed E-state index contributed by atoms with van der Waals surface area (Å²) in [7, 11) is 0. The van der Waals surface area contributed by atoms with Crippen molar-refractivity contribution in [1.82, 2.24) is 0 Å². The third-order valence-electron chi connectivity index (χ3n) is 1.09. The van der Waals surface area contributed by atoms with Crippen molar-refractivity contribution in [3.8, 4) is 0 Å². The summed E-state index contributed by atoms with van der Waals surface area (Å²) in [5.74, 6) is -2.42. The zero-order chi connectivity index (χ0) is 13.3. The van der Waals surface area contributed by atoms with Crippen LogP contribution in [-0.2, 0) is 4.79 Å². The summed E-state index contributed by atoms with van der Waals surface area (Å²) >= 11 is 0. The molecule has 3 heteroatoms. The van der Waals surface area contributed by atoms with Crippen molar-refractivity contribution in [3.63, 3.8) is 0 Å². The van der Waals surface area contributed by atoms with Crippen LogP contribution in [0.5, 0.6) is 0 Å². The Hall–Kier alpha value is -1.64. The highest BCUT2D eigenvalue weighted by molar-refractivity contribution is 6.05. The molecule has 0 aliphatic heterocycles. The van der Waals surface area contributed by atoms with Crippen LogP contribution in [0.3, 0.4) is 0 Å². The zero-order valence-electron chi connectivity index (χ0n) is 11.0. The third kappa shape index (κ3) is 2.20. The molecule has 0 unspecified atom stereocenters. The second-order valence-electron chi connectivity index (χ2n) is 1.99. The van der Waals surface area contributed by atoms with Gasteiger partial charge in [-0.25, -0.2) is 0 Å². The molecule has 0 aliphatic rings. The maximum atomic E-state index is 11.5. The minimum absolute atomic E-state index is 0.585. The number of ketones is 1. The quantitative estimate of drug-likeness (QED) is 0.424. The number of carbonyl (C=O) groups excluding carboxylic acids is 1. The minimum Gasteiger partial charge on any atom is -0.481 e. The van der Waals surface area contributed by atoms with Gasteiger partial charge in [-0.05, 0) is 0 Å². The van der Waals surface area contributed by atoms with Gasteiger partial charge in [-0.1, -0.05) is 30.2 Å². The Morgan fingerprint density at radius 1 is 1.33 bits per heavy atom. The lowest BCUT2D eigenvalue weighted by molar-refractivity contribution is -0.135. The van der Waals surface area contributed by atoms with Gasteiger partial charge in [-0.15, -0.1) is 0 Å². The molecule has 12 heavy (non-hydrogen) atoms. The monoisotopic (exact) mass is 171 g/mol. The van der Waals surface area contributed by atoms with Crippen LogP contribution in [0.25, 0.3) is 0 Å². The molecule has 62 valence electrons. The van der Waals surface area contributed by atoms with Gasteiger partial charge in [0.05, 0.1) is 6.85 Å². The Labute approximate surface area is 76.7 Å². The lowest BCUT2D eigenvalue weighted by Crippen LogP contribution is -2.06. The predicted molar refractivity (Wildman–Crippen MR) is 43.0 cm³/mol. The Bertz CT molecular complexity index is 483. The van der Waals surface area contributed by atoms with Gasteiger partial charge in [0.2, 0.25) is 0 Å². The van der Waals surface area contributed by atoms with Crippen molar-refractivity contribution in [1.29, 1.82) is 0 Å². The van der Waals surface area contributed by atoms with Crippen LogP contribution in [0.15, 0.2) is 30.2 Å². The van der Waals surface area contributed by atoms with Crippen molar-refractivity contribution in [2.45, 2.75) is 6.42 Å². The summed E-state index contributed by atoms with van der Waals surface area (Å²) in [6.45, 7) is 0. The fraction of sp³-hybridized carbons (Fsp3) is 0.111. The van der Waals surface area contributed by atoms with Crippen LogP contribution in [0.1, 0.15) is 23.6 Å². The number of Topliss-reactive ketones (excluding diaryl/α,β-unsaturated/α-hetero) is 1. The van der Waals surface area contributed by atoms with E-state index in [1.54, 1.807) is 0 Å². The summed E-state index contributed by atoms with van der Waals surface area (Å²) in [6, 6.07) is -3.28. The maximum Gasteiger partial charge on any atom is 0.311 e. The predicted octanol–water partition coefficient (Wildman–Crippen LogP) is 1.34. The molecule has 1 rings (SSSR count). The highest BCUT2D eigenvalue weighted by Gasteiger charge is 2.08. The molecular weight excluding hydrogens is 158 g/mol. The van der Waals surface area contributed by atoms with Crippen molar-refractivity contribution >= 4 is 11.8 Å². The fourth-order valence-electron chi connectivity index (χ4n) is 0.615. The smallest absolute Gasteiger partial charge is 0.311 e. The number of hydrogen-bond acceptors (Lipinski definition) is 2. The Morgan fingerprint density at radius 3 is 2.42 bits per heavy atom. The summed E-state index contributed by atoms with van der Waals surface area (Å²) in [6.07, 6.45) is -0.909. The van der Waals surface area contributed by atoms with E-state index >= 15 is 0 Å². The molecule has 0 atom stereocenters. The normalized spacial score (nSPS) is 15.2. The first-order valence-electron chi connectivity index (χ1n) is 5.59. The fourth-order valence-corrected chi connectivity index (χ4v) is 0.615. The van der Waals surface area contributed by atoms with E-state index in [4.69, 9.17) is 12.0 Å². The largest absolute Gasteiger partial charge is 0.481 e. The standard InChI is InChI=1S/C9H8O3/c10-8(6-9(11)12)7-4-2-1-3-5-7/h1-5H,6H2,(H,11,12)/i1D,2D,3D,4D,5D,6+1,9+1. The van der Waals surface area contributed by atoms with E-state index in [2.05, 4.69) is 0 Å². The molecular formula is C9H8O3. The van der Waals surface area contributed by atoms with Gasteiger partial charge in [0, 0.05) is 5.56 Å². The van der Waals surface area contributed by atoms with Crippen LogP contribution in [0.2, 0.25) is 0 Å². The number of carboxylic acids is 1. The number of rotatable bonds is 3. The van der Waals surface area contributed by atoms with Gasteiger partial charge >= 0.3 is 5.97 Å². The molecule has 0 bridgehead atoms. The Morgan fingerprint density at radius 2 is 1.92 bits per heavy atom. The number of carbonyl (C=O) groups is 2. The van der Waals surface area contributed by atoms with E-state index in [0.29, 0.717) is 0 Å². The van der Waals surface area contributed by atoms with E-state index < -0.39 is 53.9 Å². The van der Waals surface area contributed by atoms with Gasteiger partial charge in [-0.3, -0.25) is 9.59 Å². The number of benzene rings is 1. The van der Waals surface area contributed by atoms with Gasteiger partial charge in [0.1, 0.15) is 6.42 Å². The van der Waals surface area contributed by atoms with Crippen LogP contribution in [-0.4, -0.2) is 16.9 Å². The second-order valence-corrected chi connectivity index (χ2v) is 1.99. The van der Waals surface area contributed by atoms with Crippen molar-refractivity contribution < 1.29 is 21.5 Å². The third-order valence-corrected chi connectivity index (χ3v) is 1.09. The topological polar surface area (TPSA) is 54.4 Å². The average Bonchev–Trinajstić information content (AvgIpc) is 2.23. The molecule has 1 N–H and O–H groups in total. The van der Waals surface area contributed by atoms with E-state index in [0.717, 1.165) is 0 Å². The van der Waals surface area contributed by atoms with E-state index in [1.165, 1.54) is 0 Å². The van der Waals surface area contributed by atoms with Crippen LogP contribution < -0.4 is 0 Å². The highest BCUT2D eigenvalue weighted by atomic mass is 16.5. The van der Waals surface area contributed by atoms with Crippen LogP contribution in [0, 0.1) is 0 Å². The van der Waals surface area contributed by atoms with Crippen molar-refractivity contribution in [2.75, 3.05) is 0 Å². The van der Waals surface area contributed by atoms with E-state index in [9.17, 15) is 9.59 Å². The molecule has 0 aromatic heterocycles. The molecule has 0 spiro atoms. The molecule has 0 heterocycles. The van der Waals surface area contributed by atoms with Crippen LogP contribution >= 0.6 is 0 Å². The van der Waals surface area contributed by atoms with Gasteiger partial charge in [-0.2, -0.15) is 0 Å². The van der Waals surface area contributed by atoms with Crippen molar-refractivity contribution in [2.24, 2.45) is 0 Å². The molecule has 1 aromatic carbocycles. The van der Waals surface area contributed by atoms with Crippen molar-refractivity contribution in [3.05, 3.63) is 35.8 Å². The SMILES string of the molecule is [2H]c1c([2H])c([2H])c(C(=O)[13CH2][13C](=O)O)c([2H])c1[2H]. The number of aliphatic carboxylic acids is 1. The second kappa shape index (κ2) is 3.67. The molecule has 0 radical (unpaired) electrons. The number of hydrogen-bond donors (Lipinski definition) is 1. The summed E-state index contributed by atoms with van der Waals surface area (Å²) < 4.78 is 36.8. The van der Waals surface area contributed by atoms with Gasteiger partial charge < -0.3 is 5.11 Å². The number of carboxylic acid groups (broad SMARTS) is 1. The first kappa shape index (κ1) is 3.85. The summed E-state index contributed by atoms with van der Waals surface area (Å²) in [4.78, 5) is 21.8. The first-order chi connectivity index (χ1) is 7.77. The first-order valence-corrected chi connectivity index (χ1v) is 3.09. The Balaban J connectivity index is 3.44. The summed E-state index contributed by atoms with van der Waals surface area (Å²) in [5.41, 5.74) is -0.585. The van der Waals surface area contributed by atoms with E-state index in [1.807, 2.05) is 0 Å². The molecule has 1 aromatic rings. The molecule has 0 amide bonds. The lowest BCUT2D eigenvalue weighted by Gasteiger charge is -1.95. The molecule has 3 nitrogen and oxygen atoms in total. The minimum atomic E-state index is -1.41. The van der Waals surface area contributed by atoms with Gasteiger partial charge in [0.15, 0.2) is 5.78 Å². The lowest BCUT2D eigenvalue weighted by atomic mass is 10.2. The zero-order valence-corrected chi connectivity index (χ0v) is 5.97.